The summed E-state index contributed by atoms with van der Waals surface area (Å²) in [6.45, 7) is 1.68. The summed E-state index contributed by atoms with van der Waals surface area (Å²) in [4.78, 5) is -0.375. The number of aliphatic hydroxyl groups is 1. The fourth-order valence-electron chi connectivity index (χ4n) is 2.31. The van der Waals surface area contributed by atoms with Gasteiger partial charge in [0.25, 0.3) is 0 Å². The van der Waals surface area contributed by atoms with E-state index < -0.39 is 22.4 Å². The molecular formula is C12H15BrFNO3S. The molecular weight excluding hydrogens is 337 g/mol. The standard InChI is InChI=1S/C12H15BrFNO3S/c1-8-3-2-4-15(8)19(17,18)11-6-10(13)5-9(7-16)12(11)14/h5-6,8,16H,2-4,7H2,1H3. The van der Waals surface area contributed by atoms with Crippen LogP contribution in [0, 0.1) is 5.82 Å². The van der Waals surface area contributed by atoms with Crippen molar-refractivity contribution in [2.24, 2.45) is 0 Å². The zero-order valence-electron chi connectivity index (χ0n) is 10.4. The highest BCUT2D eigenvalue weighted by molar-refractivity contribution is 9.10. The lowest BCUT2D eigenvalue weighted by atomic mass is 10.2. The van der Waals surface area contributed by atoms with Crippen LogP contribution in [-0.2, 0) is 16.6 Å². The molecule has 2 rings (SSSR count). The molecule has 0 aliphatic carbocycles. The topological polar surface area (TPSA) is 57.6 Å². The Bertz CT molecular complexity index is 591. The molecule has 0 saturated carbocycles. The van der Waals surface area contributed by atoms with Crippen LogP contribution in [0.3, 0.4) is 0 Å². The highest BCUT2D eigenvalue weighted by Gasteiger charge is 2.35. The largest absolute Gasteiger partial charge is 0.392 e. The molecule has 1 aliphatic heterocycles. The van der Waals surface area contributed by atoms with E-state index in [0.717, 1.165) is 12.8 Å². The van der Waals surface area contributed by atoms with E-state index >= 15 is 0 Å². The monoisotopic (exact) mass is 351 g/mol. The summed E-state index contributed by atoms with van der Waals surface area (Å²) < 4.78 is 40.8. The fraction of sp³-hybridized carbons (Fsp3) is 0.500. The van der Waals surface area contributed by atoms with Gasteiger partial charge in [0.15, 0.2) is 0 Å². The van der Waals surface area contributed by atoms with E-state index in [1.165, 1.54) is 16.4 Å². The number of halogens is 2. The lowest BCUT2D eigenvalue weighted by molar-refractivity contribution is 0.274. The lowest BCUT2D eigenvalue weighted by Gasteiger charge is -2.21. The summed E-state index contributed by atoms with van der Waals surface area (Å²) >= 11 is 3.14. The third kappa shape index (κ3) is 2.69. The van der Waals surface area contributed by atoms with Crippen LogP contribution in [0.15, 0.2) is 21.5 Å². The van der Waals surface area contributed by atoms with E-state index in [9.17, 15) is 12.8 Å². The van der Waals surface area contributed by atoms with Crippen molar-refractivity contribution >= 4 is 26.0 Å². The number of nitrogens with zero attached hydrogens (tertiary/aromatic N) is 1. The molecule has 0 aromatic heterocycles. The van der Waals surface area contributed by atoms with Crippen molar-refractivity contribution in [1.82, 2.24) is 4.31 Å². The molecule has 1 fully saturated rings. The average Bonchev–Trinajstić information content (AvgIpc) is 2.78. The number of aliphatic hydroxyl groups excluding tert-OH is 1. The number of rotatable bonds is 3. The molecule has 0 amide bonds. The molecule has 1 aromatic rings. The molecule has 1 aromatic carbocycles. The van der Waals surface area contributed by atoms with Crippen LogP contribution >= 0.6 is 15.9 Å². The number of benzene rings is 1. The van der Waals surface area contributed by atoms with E-state index in [-0.39, 0.29) is 16.5 Å². The van der Waals surface area contributed by atoms with Gasteiger partial charge in [-0.2, -0.15) is 4.31 Å². The van der Waals surface area contributed by atoms with Crippen LogP contribution in [0.25, 0.3) is 0 Å². The van der Waals surface area contributed by atoms with E-state index in [4.69, 9.17) is 5.11 Å². The normalized spacial score (nSPS) is 20.9. The molecule has 0 spiro atoms. The van der Waals surface area contributed by atoms with Gasteiger partial charge in [-0.25, -0.2) is 12.8 Å². The van der Waals surface area contributed by atoms with Gasteiger partial charge in [0.1, 0.15) is 10.7 Å². The van der Waals surface area contributed by atoms with E-state index in [2.05, 4.69) is 15.9 Å². The highest BCUT2D eigenvalue weighted by Crippen LogP contribution is 2.30. The van der Waals surface area contributed by atoms with Gasteiger partial charge in [-0.05, 0) is 31.9 Å². The van der Waals surface area contributed by atoms with E-state index in [0.29, 0.717) is 11.0 Å². The van der Waals surface area contributed by atoms with E-state index in [1.54, 1.807) is 0 Å². The summed E-state index contributed by atoms with van der Waals surface area (Å²) in [6, 6.07) is 2.50. The van der Waals surface area contributed by atoms with Crippen molar-refractivity contribution in [1.29, 1.82) is 0 Å². The SMILES string of the molecule is CC1CCCN1S(=O)(=O)c1cc(Br)cc(CO)c1F. The Morgan fingerprint density at radius 3 is 2.74 bits per heavy atom. The summed E-state index contributed by atoms with van der Waals surface area (Å²) in [5, 5.41) is 9.08. The van der Waals surface area contributed by atoms with Crippen molar-refractivity contribution in [3.63, 3.8) is 0 Å². The Hall–Kier alpha value is -0.500. The van der Waals surface area contributed by atoms with Crippen molar-refractivity contribution in [2.75, 3.05) is 6.54 Å². The smallest absolute Gasteiger partial charge is 0.246 e. The molecule has 1 aliphatic rings. The molecule has 4 nitrogen and oxygen atoms in total. The minimum absolute atomic E-state index is 0.0280. The third-order valence-corrected chi connectivity index (χ3v) is 5.80. The maximum Gasteiger partial charge on any atom is 0.246 e. The van der Waals surface area contributed by atoms with Crippen molar-refractivity contribution in [2.45, 2.75) is 37.3 Å². The minimum Gasteiger partial charge on any atom is -0.392 e. The van der Waals surface area contributed by atoms with Gasteiger partial charge in [-0.1, -0.05) is 15.9 Å². The fourth-order valence-corrected chi connectivity index (χ4v) is 4.80. The van der Waals surface area contributed by atoms with Crippen molar-refractivity contribution < 1.29 is 17.9 Å². The second-order valence-corrected chi connectivity index (χ2v) is 7.42. The molecule has 106 valence electrons. The Balaban J connectivity index is 2.54. The van der Waals surface area contributed by atoms with Gasteiger partial charge in [0, 0.05) is 22.6 Å². The average molecular weight is 352 g/mol. The molecule has 19 heavy (non-hydrogen) atoms. The van der Waals surface area contributed by atoms with Gasteiger partial charge in [0.05, 0.1) is 6.61 Å². The Morgan fingerprint density at radius 2 is 2.21 bits per heavy atom. The van der Waals surface area contributed by atoms with Crippen molar-refractivity contribution in [3.8, 4) is 0 Å². The van der Waals surface area contributed by atoms with Crippen LogP contribution in [0.4, 0.5) is 4.39 Å². The van der Waals surface area contributed by atoms with Gasteiger partial charge in [0.2, 0.25) is 10.0 Å². The quantitative estimate of drug-likeness (QED) is 0.908. The van der Waals surface area contributed by atoms with Crippen LogP contribution in [0.5, 0.6) is 0 Å². The Kier molecular flexibility index (Phi) is 4.29. The molecule has 0 bridgehead atoms. The predicted octanol–water partition coefficient (Wildman–Crippen LogP) is 2.25. The Morgan fingerprint density at radius 1 is 1.53 bits per heavy atom. The predicted molar refractivity (Wildman–Crippen MR) is 72.6 cm³/mol. The number of hydrogen-bond donors (Lipinski definition) is 1. The number of hydrogen-bond acceptors (Lipinski definition) is 3. The van der Waals surface area contributed by atoms with Gasteiger partial charge < -0.3 is 5.11 Å². The molecule has 1 N–H and O–H groups in total. The molecule has 7 heteroatoms. The zero-order valence-corrected chi connectivity index (χ0v) is 12.8. The van der Waals surface area contributed by atoms with Gasteiger partial charge in [-0.15, -0.1) is 0 Å². The van der Waals surface area contributed by atoms with Crippen molar-refractivity contribution in [3.05, 3.63) is 28.0 Å². The zero-order chi connectivity index (χ0) is 14.2. The third-order valence-electron chi connectivity index (χ3n) is 3.33. The summed E-state index contributed by atoms with van der Waals surface area (Å²) in [5.41, 5.74) is -0.0280. The van der Waals surface area contributed by atoms with E-state index in [1.807, 2.05) is 6.92 Å². The van der Waals surface area contributed by atoms with Crippen LogP contribution < -0.4 is 0 Å². The van der Waals surface area contributed by atoms with Crippen LogP contribution in [0.1, 0.15) is 25.3 Å². The molecule has 1 unspecified atom stereocenters. The first-order valence-electron chi connectivity index (χ1n) is 5.98. The van der Waals surface area contributed by atoms with Crippen LogP contribution in [0.2, 0.25) is 0 Å². The summed E-state index contributed by atoms with van der Waals surface area (Å²) in [7, 11) is -3.86. The maximum absolute atomic E-state index is 14.1. The molecule has 1 saturated heterocycles. The Labute approximate surface area is 120 Å². The second kappa shape index (κ2) is 5.47. The van der Waals surface area contributed by atoms with Gasteiger partial charge in [-0.3, -0.25) is 0 Å². The van der Waals surface area contributed by atoms with Crippen LogP contribution in [-0.4, -0.2) is 30.4 Å². The molecule has 0 radical (unpaired) electrons. The first-order chi connectivity index (χ1) is 8.87. The maximum atomic E-state index is 14.1. The lowest BCUT2D eigenvalue weighted by Crippen LogP contribution is -2.34. The molecule has 1 atom stereocenters. The minimum atomic E-state index is -3.86. The first kappa shape index (κ1) is 14.9. The second-order valence-electron chi connectivity index (χ2n) is 4.64. The highest BCUT2D eigenvalue weighted by atomic mass is 79.9. The first-order valence-corrected chi connectivity index (χ1v) is 8.22. The summed E-state index contributed by atoms with van der Waals surface area (Å²) in [5.74, 6) is -0.871. The molecule has 1 heterocycles. The number of sulfonamides is 1. The summed E-state index contributed by atoms with van der Waals surface area (Å²) in [6.07, 6.45) is 1.56. The van der Waals surface area contributed by atoms with Gasteiger partial charge >= 0.3 is 0 Å².